The smallest absolute Gasteiger partial charge is 0.201 e. The van der Waals surface area contributed by atoms with Crippen LogP contribution in [0, 0.1) is 34.6 Å². The van der Waals surface area contributed by atoms with Gasteiger partial charge in [0.2, 0.25) is 5.69 Å². The minimum Gasteiger partial charge on any atom is -0.201 e. The van der Waals surface area contributed by atoms with Gasteiger partial charge in [0.15, 0.2) is 6.20 Å². The van der Waals surface area contributed by atoms with Crippen molar-refractivity contribution in [1.82, 2.24) is 0 Å². The minimum absolute atomic E-state index is 1.24. The first-order valence-electron chi connectivity index (χ1n) is 10.6. The van der Waals surface area contributed by atoms with Gasteiger partial charge in [-0.3, -0.25) is 0 Å². The van der Waals surface area contributed by atoms with Crippen molar-refractivity contribution in [3.05, 3.63) is 101 Å². The molecule has 0 aliphatic rings. The predicted molar refractivity (Wildman–Crippen MR) is 128 cm³/mol. The normalized spacial score (nSPS) is 11.0. The molecule has 0 atom stereocenters. The number of aryl methyl sites for hydroxylation is 5. The maximum atomic E-state index is 2.37. The van der Waals surface area contributed by atoms with E-state index in [0.717, 1.165) is 0 Å². The van der Waals surface area contributed by atoms with Crippen LogP contribution in [0.25, 0.3) is 33.5 Å². The number of hydrogen-bond acceptors (Lipinski definition) is 0. The molecule has 1 nitrogen and oxygen atoms in total. The molecule has 0 spiro atoms. The minimum atomic E-state index is 1.24. The van der Waals surface area contributed by atoms with E-state index in [-0.39, 0.29) is 0 Å². The Labute approximate surface area is 180 Å². The van der Waals surface area contributed by atoms with Crippen molar-refractivity contribution in [2.75, 3.05) is 0 Å². The fourth-order valence-electron chi connectivity index (χ4n) is 4.64. The molecule has 1 heterocycles. The molecule has 0 saturated carbocycles. The molecule has 150 valence electrons. The highest BCUT2D eigenvalue weighted by Crippen LogP contribution is 2.35. The Morgan fingerprint density at radius 2 is 1.10 bits per heavy atom. The standard InChI is InChI=1S/C29H30N/c1-19-11-7-8-14-24(19)25-15-10-16-26(23(25)5)28-17-27(22(4)18-30(28)6)29-20(2)12-9-13-21(29)3/h7-18H,1-6H3/q+1. The summed E-state index contributed by atoms with van der Waals surface area (Å²) >= 11 is 0. The van der Waals surface area contributed by atoms with Crippen LogP contribution < -0.4 is 4.57 Å². The fraction of sp³-hybridized carbons (Fsp3) is 0.207. The van der Waals surface area contributed by atoms with Gasteiger partial charge in [0.25, 0.3) is 0 Å². The van der Waals surface area contributed by atoms with Crippen LogP contribution in [-0.2, 0) is 7.05 Å². The Balaban J connectivity index is 1.95. The van der Waals surface area contributed by atoms with E-state index in [9.17, 15) is 0 Å². The van der Waals surface area contributed by atoms with E-state index in [1.807, 2.05) is 0 Å². The summed E-state index contributed by atoms with van der Waals surface area (Å²) in [6.45, 7) is 11.1. The lowest BCUT2D eigenvalue weighted by Gasteiger charge is -2.16. The van der Waals surface area contributed by atoms with E-state index >= 15 is 0 Å². The second kappa shape index (κ2) is 7.91. The summed E-state index contributed by atoms with van der Waals surface area (Å²) in [6.07, 6.45) is 2.26. The Kier molecular flexibility index (Phi) is 5.30. The lowest BCUT2D eigenvalue weighted by atomic mass is 9.89. The Bertz CT molecular complexity index is 1230. The quantitative estimate of drug-likeness (QED) is 0.329. The molecular formula is C29H30N+. The van der Waals surface area contributed by atoms with Gasteiger partial charge >= 0.3 is 0 Å². The fourth-order valence-corrected chi connectivity index (χ4v) is 4.64. The van der Waals surface area contributed by atoms with Crippen LogP contribution in [0.5, 0.6) is 0 Å². The zero-order valence-electron chi connectivity index (χ0n) is 18.9. The van der Waals surface area contributed by atoms with Gasteiger partial charge in [-0.05, 0) is 85.2 Å². The molecule has 4 rings (SSSR count). The Morgan fingerprint density at radius 1 is 0.533 bits per heavy atom. The van der Waals surface area contributed by atoms with Crippen molar-refractivity contribution in [3.8, 4) is 33.5 Å². The topological polar surface area (TPSA) is 3.88 Å². The van der Waals surface area contributed by atoms with Gasteiger partial charge in [-0.15, -0.1) is 0 Å². The first kappa shape index (κ1) is 20.1. The summed E-state index contributed by atoms with van der Waals surface area (Å²) in [5.74, 6) is 0. The van der Waals surface area contributed by atoms with Crippen LogP contribution >= 0.6 is 0 Å². The van der Waals surface area contributed by atoms with Crippen molar-refractivity contribution in [2.24, 2.45) is 7.05 Å². The molecule has 0 aliphatic heterocycles. The van der Waals surface area contributed by atoms with Crippen LogP contribution in [0.2, 0.25) is 0 Å². The third-order valence-corrected chi connectivity index (χ3v) is 6.27. The maximum absolute atomic E-state index is 2.37. The van der Waals surface area contributed by atoms with Crippen molar-refractivity contribution < 1.29 is 4.57 Å². The van der Waals surface area contributed by atoms with Gasteiger partial charge in [-0.1, -0.05) is 54.6 Å². The third kappa shape index (κ3) is 3.45. The molecule has 0 radical (unpaired) electrons. The van der Waals surface area contributed by atoms with Gasteiger partial charge in [-0.25, -0.2) is 4.57 Å². The van der Waals surface area contributed by atoms with Crippen LogP contribution in [0.3, 0.4) is 0 Å². The molecule has 0 fully saturated rings. The molecule has 1 heteroatoms. The molecule has 0 unspecified atom stereocenters. The number of hydrogen-bond donors (Lipinski definition) is 0. The second-order valence-electron chi connectivity index (χ2n) is 8.43. The maximum Gasteiger partial charge on any atom is 0.213 e. The second-order valence-corrected chi connectivity index (χ2v) is 8.43. The van der Waals surface area contributed by atoms with Crippen molar-refractivity contribution in [2.45, 2.75) is 34.6 Å². The van der Waals surface area contributed by atoms with Crippen molar-refractivity contribution in [1.29, 1.82) is 0 Å². The molecule has 30 heavy (non-hydrogen) atoms. The molecule has 0 N–H and O–H groups in total. The van der Waals surface area contributed by atoms with Crippen LogP contribution in [0.4, 0.5) is 0 Å². The molecule has 0 aliphatic carbocycles. The zero-order chi connectivity index (χ0) is 21.4. The first-order chi connectivity index (χ1) is 14.4. The van der Waals surface area contributed by atoms with E-state index in [1.165, 1.54) is 61.3 Å². The van der Waals surface area contributed by atoms with Gasteiger partial charge in [0.05, 0.1) is 0 Å². The van der Waals surface area contributed by atoms with Crippen molar-refractivity contribution >= 4 is 0 Å². The summed E-state index contributed by atoms with van der Waals surface area (Å²) in [7, 11) is 2.15. The largest absolute Gasteiger partial charge is 0.213 e. The lowest BCUT2D eigenvalue weighted by molar-refractivity contribution is -0.660. The summed E-state index contributed by atoms with van der Waals surface area (Å²) in [5, 5.41) is 0. The lowest BCUT2D eigenvalue weighted by Crippen LogP contribution is -2.31. The number of nitrogens with zero attached hydrogens (tertiary/aromatic N) is 1. The van der Waals surface area contributed by atoms with E-state index < -0.39 is 0 Å². The number of rotatable bonds is 3. The van der Waals surface area contributed by atoms with Crippen LogP contribution in [0.15, 0.2) is 72.9 Å². The van der Waals surface area contributed by atoms with Crippen molar-refractivity contribution in [3.63, 3.8) is 0 Å². The highest BCUT2D eigenvalue weighted by molar-refractivity contribution is 5.81. The van der Waals surface area contributed by atoms with E-state index in [1.54, 1.807) is 0 Å². The highest BCUT2D eigenvalue weighted by atomic mass is 14.9. The van der Waals surface area contributed by atoms with Gasteiger partial charge in [0.1, 0.15) is 7.05 Å². The number of benzene rings is 3. The Morgan fingerprint density at radius 3 is 1.80 bits per heavy atom. The third-order valence-electron chi connectivity index (χ3n) is 6.27. The molecule has 1 aromatic heterocycles. The SMILES string of the molecule is Cc1ccccc1-c1cccc(-c2cc(-c3c(C)cccc3C)c(C)c[n+]2C)c1C. The summed E-state index contributed by atoms with van der Waals surface area (Å²) in [6, 6.07) is 24.2. The van der Waals surface area contributed by atoms with Gasteiger partial charge in [-0.2, -0.15) is 0 Å². The van der Waals surface area contributed by atoms with Crippen LogP contribution in [-0.4, -0.2) is 0 Å². The monoisotopic (exact) mass is 392 g/mol. The average Bonchev–Trinajstić information content (AvgIpc) is 2.70. The predicted octanol–water partition coefficient (Wildman–Crippen LogP) is 7.05. The molecule has 3 aromatic carbocycles. The zero-order valence-corrected chi connectivity index (χ0v) is 18.9. The molecule has 0 amide bonds. The molecular weight excluding hydrogens is 362 g/mol. The number of aromatic nitrogens is 1. The van der Waals surface area contributed by atoms with E-state index in [4.69, 9.17) is 0 Å². The van der Waals surface area contributed by atoms with Crippen LogP contribution in [0.1, 0.15) is 27.8 Å². The van der Waals surface area contributed by atoms with E-state index in [2.05, 4.69) is 119 Å². The molecule has 0 saturated heterocycles. The summed E-state index contributed by atoms with van der Waals surface area (Å²) < 4.78 is 2.26. The molecule has 4 aromatic rings. The summed E-state index contributed by atoms with van der Waals surface area (Å²) in [4.78, 5) is 0. The average molecular weight is 393 g/mol. The summed E-state index contributed by atoms with van der Waals surface area (Å²) in [5.41, 5.74) is 14.4. The first-order valence-corrected chi connectivity index (χ1v) is 10.6. The molecule has 0 bridgehead atoms. The number of pyridine rings is 1. The Hall–Kier alpha value is -3.19. The van der Waals surface area contributed by atoms with E-state index in [0.29, 0.717) is 0 Å². The van der Waals surface area contributed by atoms with Gasteiger partial charge in [0, 0.05) is 17.2 Å². The highest BCUT2D eigenvalue weighted by Gasteiger charge is 2.20. The van der Waals surface area contributed by atoms with Gasteiger partial charge < -0.3 is 0 Å².